The average molecular weight is 289 g/mol. The lowest BCUT2D eigenvalue weighted by Gasteiger charge is -2.02. The van der Waals surface area contributed by atoms with Crippen molar-refractivity contribution in [1.29, 1.82) is 0 Å². The summed E-state index contributed by atoms with van der Waals surface area (Å²) >= 11 is 0. The first-order valence-corrected chi connectivity index (χ1v) is 8.11. The number of carbonyl (C=O) groups excluding carboxylic acids is 1. The molecule has 0 atom stereocenters. The molecular weight excluding hydrogens is 270 g/mol. The van der Waals surface area contributed by atoms with Crippen LogP contribution in [0.1, 0.15) is 38.5 Å². The van der Waals surface area contributed by atoms with E-state index >= 15 is 0 Å². The summed E-state index contributed by atoms with van der Waals surface area (Å²) in [6, 6.07) is 0. The van der Waals surface area contributed by atoms with Gasteiger partial charge in [-0.1, -0.05) is 18.4 Å². The molecule has 1 aromatic heterocycles. The third-order valence-electron chi connectivity index (χ3n) is 2.41. The molecule has 0 radical (unpaired) electrons. The number of sulfone groups is 1. The molecule has 0 aliphatic carbocycles. The van der Waals surface area contributed by atoms with Crippen LogP contribution in [-0.4, -0.2) is 37.3 Å². The number of aryl methyl sites for hydroxylation is 1. The molecule has 1 amide bonds. The largest absolute Gasteiger partial charge is 0.413 e. The zero-order valence-corrected chi connectivity index (χ0v) is 12.0. The summed E-state index contributed by atoms with van der Waals surface area (Å²) in [6.07, 6.45) is 4.49. The van der Waals surface area contributed by atoms with Crippen molar-refractivity contribution in [1.82, 2.24) is 15.5 Å². The Morgan fingerprint density at radius 1 is 1.32 bits per heavy atom. The summed E-state index contributed by atoms with van der Waals surface area (Å²) in [5.41, 5.74) is 0. The second-order valence-electron chi connectivity index (χ2n) is 4.29. The van der Waals surface area contributed by atoms with Gasteiger partial charge in [0.15, 0.2) is 0 Å². The molecule has 1 N–H and O–H groups in total. The van der Waals surface area contributed by atoms with Crippen LogP contribution >= 0.6 is 0 Å². The van der Waals surface area contributed by atoms with Gasteiger partial charge in [0.2, 0.25) is 21.6 Å². The maximum absolute atomic E-state index is 11.3. The van der Waals surface area contributed by atoms with Gasteiger partial charge in [-0.3, -0.25) is 4.79 Å². The molecule has 108 valence electrons. The van der Waals surface area contributed by atoms with Crippen molar-refractivity contribution in [2.75, 3.05) is 12.8 Å². The van der Waals surface area contributed by atoms with Crippen LogP contribution in [0.4, 0.5) is 0 Å². The number of rotatable bonds is 8. The van der Waals surface area contributed by atoms with Crippen molar-refractivity contribution in [3.63, 3.8) is 0 Å². The highest BCUT2D eigenvalue weighted by Gasteiger charge is 2.16. The zero-order valence-electron chi connectivity index (χ0n) is 11.2. The molecule has 0 aromatic carbocycles. The summed E-state index contributed by atoms with van der Waals surface area (Å²) in [4.78, 5) is 11.3. The zero-order chi connectivity index (χ0) is 14.3. The van der Waals surface area contributed by atoms with Crippen LogP contribution < -0.4 is 5.32 Å². The highest BCUT2D eigenvalue weighted by Crippen LogP contribution is 2.07. The Morgan fingerprint density at radius 3 is 2.63 bits per heavy atom. The molecule has 0 fully saturated rings. The van der Waals surface area contributed by atoms with Crippen LogP contribution in [0.15, 0.2) is 9.64 Å². The normalized spacial score (nSPS) is 11.5. The maximum atomic E-state index is 11.3. The summed E-state index contributed by atoms with van der Waals surface area (Å²) in [7, 11) is -3.45. The van der Waals surface area contributed by atoms with Crippen LogP contribution in [0.2, 0.25) is 0 Å². The minimum atomic E-state index is -3.45. The van der Waals surface area contributed by atoms with Gasteiger partial charge < -0.3 is 9.73 Å². The first-order valence-electron chi connectivity index (χ1n) is 6.22. The molecule has 0 aliphatic heterocycles. The fourth-order valence-corrected chi connectivity index (χ4v) is 1.82. The third kappa shape index (κ3) is 5.82. The average Bonchev–Trinajstić information content (AvgIpc) is 2.80. The standard InChI is InChI=1S/C11H19N3O4S/c1-3-4-6-9(15)12-8-5-7-10-13-14-11(18-10)19(2,16)17/h3-8H2,1-2H3,(H,12,15). The Morgan fingerprint density at radius 2 is 2.05 bits per heavy atom. The molecule has 0 aliphatic rings. The Kier molecular flexibility index (Phi) is 5.94. The Balaban J connectivity index is 2.27. The molecule has 19 heavy (non-hydrogen) atoms. The maximum Gasteiger partial charge on any atom is 0.335 e. The first-order chi connectivity index (χ1) is 8.93. The van der Waals surface area contributed by atoms with E-state index in [9.17, 15) is 13.2 Å². The molecule has 0 spiro atoms. The fourth-order valence-electron chi connectivity index (χ4n) is 1.38. The van der Waals surface area contributed by atoms with Gasteiger partial charge in [-0.2, -0.15) is 0 Å². The molecule has 8 heteroatoms. The van der Waals surface area contributed by atoms with E-state index in [-0.39, 0.29) is 17.0 Å². The molecule has 1 rings (SSSR count). The summed E-state index contributed by atoms with van der Waals surface area (Å²) < 4.78 is 27.2. The quantitative estimate of drug-likeness (QED) is 0.707. The first kappa shape index (κ1) is 15.6. The fraction of sp³-hybridized carbons (Fsp3) is 0.727. The number of nitrogens with zero attached hydrogens (tertiary/aromatic N) is 2. The van der Waals surface area contributed by atoms with Gasteiger partial charge in [-0.05, 0) is 12.8 Å². The lowest BCUT2D eigenvalue weighted by Crippen LogP contribution is -2.24. The number of nitrogens with one attached hydrogen (secondary N) is 1. The van der Waals surface area contributed by atoms with E-state index in [0.29, 0.717) is 25.8 Å². The second kappa shape index (κ2) is 7.22. The molecule has 0 unspecified atom stereocenters. The number of aromatic nitrogens is 2. The topological polar surface area (TPSA) is 102 Å². The van der Waals surface area contributed by atoms with Gasteiger partial charge in [0, 0.05) is 25.6 Å². The van der Waals surface area contributed by atoms with Crippen LogP contribution in [0.25, 0.3) is 0 Å². The Hall–Kier alpha value is -1.44. The van der Waals surface area contributed by atoms with Gasteiger partial charge in [0.25, 0.3) is 0 Å². The van der Waals surface area contributed by atoms with Gasteiger partial charge >= 0.3 is 5.22 Å². The van der Waals surface area contributed by atoms with E-state index in [2.05, 4.69) is 15.5 Å². The van der Waals surface area contributed by atoms with Crippen molar-refractivity contribution in [2.45, 2.75) is 44.3 Å². The van der Waals surface area contributed by atoms with E-state index < -0.39 is 9.84 Å². The monoisotopic (exact) mass is 289 g/mol. The number of hydrogen-bond acceptors (Lipinski definition) is 6. The van der Waals surface area contributed by atoms with E-state index in [1.807, 2.05) is 6.92 Å². The molecular formula is C11H19N3O4S. The summed E-state index contributed by atoms with van der Waals surface area (Å²) in [6.45, 7) is 2.54. The molecule has 0 saturated carbocycles. The predicted molar refractivity (Wildman–Crippen MR) is 68.3 cm³/mol. The summed E-state index contributed by atoms with van der Waals surface area (Å²) in [5.74, 6) is 0.299. The second-order valence-corrected chi connectivity index (χ2v) is 6.18. The van der Waals surface area contributed by atoms with Gasteiger partial charge in [0.1, 0.15) is 0 Å². The van der Waals surface area contributed by atoms with E-state index in [4.69, 9.17) is 4.42 Å². The number of amides is 1. The van der Waals surface area contributed by atoms with E-state index in [1.165, 1.54) is 0 Å². The van der Waals surface area contributed by atoms with Crippen molar-refractivity contribution < 1.29 is 17.6 Å². The van der Waals surface area contributed by atoms with Gasteiger partial charge in [-0.15, -0.1) is 5.10 Å². The summed E-state index contributed by atoms with van der Waals surface area (Å²) in [5, 5.41) is 9.50. The smallest absolute Gasteiger partial charge is 0.335 e. The highest BCUT2D eigenvalue weighted by atomic mass is 32.2. The lowest BCUT2D eigenvalue weighted by atomic mass is 10.2. The van der Waals surface area contributed by atoms with Crippen LogP contribution in [0, 0.1) is 0 Å². The molecule has 7 nitrogen and oxygen atoms in total. The van der Waals surface area contributed by atoms with Crippen molar-refractivity contribution in [3.05, 3.63) is 5.89 Å². The number of hydrogen-bond donors (Lipinski definition) is 1. The Labute approximate surface area is 112 Å². The molecule has 0 saturated heterocycles. The van der Waals surface area contributed by atoms with E-state index in [1.54, 1.807) is 0 Å². The van der Waals surface area contributed by atoms with Gasteiger partial charge in [0.05, 0.1) is 0 Å². The van der Waals surface area contributed by atoms with Crippen LogP contribution in [0.3, 0.4) is 0 Å². The van der Waals surface area contributed by atoms with Crippen molar-refractivity contribution in [2.24, 2.45) is 0 Å². The predicted octanol–water partition coefficient (Wildman–Crippen LogP) is 0.712. The Bertz CT molecular complexity index is 510. The lowest BCUT2D eigenvalue weighted by molar-refractivity contribution is -0.121. The number of carbonyl (C=O) groups is 1. The third-order valence-corrected chi connectivity index (χ3v) is 3.21. The van der Waals surface area contributed by atoms with Gasteiger partial charge in [-0.25, -0.2) is 8.42 Å². The molecule has 0 bridgehead atoms. The molecule has 1 heterocycles. The van der Waals surface area contributed by atoms with Crippen LogP contribution in [-0.2, 0) is 21.1 Å². The minimum absolute atomic E-state index is 0.0317. The SMILES string of the molecule is CCCCC(=O)NCCCc1nnc(S(C)(=O)=O)o1. The van der Waals surface area contributed by atoms with Crippen LogP contribution in [0.5, 0.6) is 0 Å². The minimum Gasteiger partial charge on any atom is -0.413 e. The number of unbranched alkanes of at least 4 members (excludes halogenated alkanes) is 1. The van der Waals surface area contributed by atoms with Crippen molar-refractivity contribution in [3.8, 4) is 0 Å². The van der Waals surface area contributed by atoms with Crippen molar-refractivity contribution >= 4 is 15.7 Å². The van der Waals surface area contributed by atoms with E-state index in [0.717, 1.165) is 19.1 Å². The highest BCUT2D eigenvalue weighted by molar-refractivity contribution is 7.90. The molecule has 1 aromatic rings.